The number of benzene rings is 1. The number of para-hydroxylation sites is 1. The van der Waals surface area contributed by atoms with E-state index in [4.69, 9.17) is 14.8 Å². The minimum atomic E-state index is 0. The number of halogens is 1. The molecule has 1 aromatic heterocycles. The van der Waals surface area contributed by atoms with Gasteiger partial charge in [0.25, 0.3) is 0 Å². The quantitative estimate of drug-likeness (QED) is 0.274. The lowest BCUT2D eigenvalue weighted by molar-refractivity contribution is 0.138. The maximum atomic E-state index is 5.37. The zero-order valence-corrected chi connectivity index (χ0v) is 21.7. The van der Waals surface area contributed by atoms with Crippen LogP contribution in [0.5, 0.6) is 0 Å². The van der Waals surface area contributed by atoms with Gasteiger partial charge in [-0.3, -0.25) is 0 Å². The summed E-state index contributed by atoms with van der Waals surface area (Å²) in [6.45, 7) is 9.53. The van der Waals surface area contributed by atoms with Crippen molar-refractivity contribution in [1.82, 2.24) is 20.4 Å². The van der Waals surface area contributed by atoms with E-state index in [2.05, 4.69) is 43.5 Å². The maximum Gasteiger partial charge on any atom is 0.191 e. The van der Waals surface area contributed by atoms with Gasteiger partial charge < -0.3 is 15.4 Å². The van der Waals surface area contributed by atoms with Crippen LogP contribution in [0.3, 0.4) is 0 Å². The molecule has 0 spiro atoms. The van der Waals surface area contributed by atoms with Crippen LogP contribution in [-0.2, 0) is 11.3 Å². The molecule has 7 heteroatoms. The third-order valence-electron chi connectivity index (χ3n) is 6.31. The second-order valence-corrected chi connectivity index (χ2v) is 8.40. The molecular formula is C24H38IN5O. The Morgan fingerprint density at radius 2 is 1.87 bits per heavy atom. The van der Waals surface area contributed by atoms with Crippen LogP contribution in [0, 0.1) is 19.3 Å². The molecule has 0 aliphatic heterocycles. The Morgan fingerprint density at radius 3 is 2.52 bits per heavy atom. The first-order valence-corrected chi connectivity index (χ1v) is 11.2. The molecule has 6 nitrogen and oxygen atoms in total. The molecule has 0 amide bonds. The Hall–Kier alpha value is -1.61. The number of aryl methyl sites for hydroxylation is 1. The predicted molar refractivity (Wildman–Crippen MR) is 139 cm³/mol. The van der Waals surface area contributed by atoms with Crippen LogP contribution in [0.25, 0.3) is 5.69 Å². The molecule has 0 atom stereocenters. The van der Waals surface area contributed by atoms with Gasteiger partial charge >= 0.3 is 0 Å². The highest BCUT2D eigenvalue weighted by atomic mass is 127. The number of guanidine groups is 1. The number of hydrogen-bond donors (Lipinski definition) is 2. The number of methoxy groups -OCH3 is 1. The largest absolute Gasteiger partial charge is 0.385 e. The number of nitrogens with zero attached hydrogens (tertiary/aromatic N) is 3. The molecule has 3 rings (SSSR count). The first kappa shape index (κ1) is 25.6. The van der Waals surface area contributed by atoms with Crippen LogP contribution in [0.2, 0.25) is 0 Å². The highest BCUT2D eigenvalue weighted by Gasteiger charge is 2.33. The van der Waals surface area contributed by atoms with Crippen LogP contribution in [0.1, 0.15) is 56.0 Å². The summed E-state index contributed by atoms with van der Waals surface area (Å²) in [5, 5.41) is 11.8. The summed E-state index contributed by atoms with van der Waals surface area (Å²) in [5.41, 5.74) is 4.77. The van der Waals surface area contributed by atoms with Gasteiger partial charge in [0.05, 0.1) is 17.9 Å². The Labute approximate surface area is 204 Å². The summed E-state index contributed by atoms with van der Waals surface area (Å²) < 4.78 is 7.38. The van der Waals surface area contributed by atoms with E-state index in [-0.39, 0.29) is 24.0 Å². The van der Waals surface area contributed by atoms with Crippen molar-refractivity contribution in [2.75, 3.05) is 26.8 Å². The fraction of sp³-hybridized carbons (Fsp3) is 0.583. The average molecular weight is 540 g/mol. The highest BCUT2D eigenvalue weighted by molar-refractivity contribution is 14.0. The van der Waals surface area contributed by atoms with Crippen molar-refractivity contribution in [3.63, 3.8) is 0 Å². The van der Waals surface area contributed by atoms with E-state index < -0.39 is 0 Å². The second kappa shape index (κ2) is 12.4. The molecule has 0 radical (unpaired) electrons. The van der Waals surface area contributed by atoms with Gasteiger partial charge in [-0.2, -0.15) is 5.10 Å². The first-order valence-electron chi connectivity index (χ1n) is 11.2. The van der Waals surface area contributed by atoms with Crippen molar-refractivity contribution < 1.29 is 4.74 Å². The third kappa shape index (κ3) is 6.68. The van der Waals surface area contributed by atoms with Gasteiger partial charge in [-0.1, -0.05) is 31.0 Å². The molecule has 0 saturated heterocycles. The van der Waals surface area contributed by atoms with E-state index in [9.17, 15) is 0 Å². The van der Waals surface area contributed by atoms with E-state index in [1.54, 1.807) is 7.11 Å². The van der Waals surface area contributed by atoms with Gasteiger partial charge in [-0.05, 0) is 57.6 Å². The summed E-state index contributed by atoms with van der Waals surface area (Å²) >= 11 is 0. The molecule has 2 N–H and O–H groups in total. The van der Waals surface area contributed by atoms with E-state index in [0.717, 1.165) is 49.2 Å². The Kier molecular flexibility index (Phi) is 10.3. The molecule has 1 fully saturated rings. The Bertz CT molecular complexity index is 828. The highest BCUT2D eigenvalue weighted by Crippen LogP contribution is 2.40. The average Bonchev–Trinajstić information content (AvgIpc) is 3.34. The van der Waals surface area contributed by atoms with Crippen LogP contribution in [-0.4, -0.2) is 42.5 Å². The minimum Gasteiger partial charge on any atom is -0.385 e. The number of rotatable bonds is 9. The van der Waals surface area contributed by atoms with E-state index in [1.165, 1.54) is 31.2 Å². The lowest BCUT2D eigenvalue weighted by Crippen LogP contribution is -2.43. The van der Waals surface area contributed by atoms with Crippen LogP contribution in [0.4, 0.5) is 0 Å². The molecule has 2 aromatic rings. The second-order valence-electron chi connectivity index (χ2n) is 8.40. The fourth-order valence-corrected chi connectivity index (χ4v) is 4.45. The molecule has 1 aliphatic rings. The maximum absolute atomic E-state index is 5.37. The number of aromatic nitrogens is 2. The van der Waals surface area contributed by atoms with Gasteiger partial charge in [0, 0.05) is 38.1 Å². The van der Waals surface area contributed by atoms with Crippen LogP contribution < -0.4 is 10.6 Å². The van der Waals surface area contributed by atoms with Crippen molar-refractivity contribution >= 4 is 29.9 Å². The molecule has 172 valence electrons. The van der Waals surface area contributed by atoms with Gasteiger partial charge in [-0.15, -0.1) is 24.0 Å². The standard InChI is InChI=1S/C24H37N5O.HI/c1-5-25-23(27-18-24(15-16-30-4)13-9-10-14-24)26-17-22-19(2)28-29(20(22)3)21-11-7-6-8-12-21;/h6-8,11-12H,5,9-10,13-18H2,1-4H3,(H2,25,26,27);1H. The van der Waals surface area contributed by atoms with Crippen molar-refractivity contribution in [1.29, 1.82) is 0 Å². The lowest BCUT2D eigenvalue weighted by Gasteiger charge is -2.30. The molecule has 31 heavy (non-hydrogen) atoms. The molecule has 0 unspecified atom stereocenters. The number of hydrogen-bond acceptors (Lipinski definition) is 3. The summed E-state index contributed by atoms with van der Waals surface area (Å²) in [6, 6.07) is 10.3. The summed E-state index contributed by atoms with van der Waals surface area (Å²) in [4.78, 5) is 4.89. The van der Waals surface area contributed by atoms with Gasteiger partial charge in [0.2, 0.25) is 0 Å². The van der Waals surface area contributed by atoms with Crippen molar-refractivity contribution in [3.8, 4) is 5.69 Å². The van der Waals surface area contributed by atoms with Crippen LogP contribution >= 0.6 is 24.0 Å². The molecular weight excluding hydrogens is 501 g/mol. The molecule has 0 bridgehead atoms. The van der Waals surface area contributed by atoms with Gasteiger partial charge in [0.1, 0.15) is 0 Å². The summed E-state index contributed by atoms with van der Waals surface area (Å²) in [7, 11) is 1.79. The van der Waals surface area contributed by atoms with Crippen molar-refractivity contribution in [3.05, 3.63) is 47.3 Å². The molecule has 1 heterocycles. The van der Waals surface area contributed by atoms with Gasteiger partial charge in [-0.25, -0.2) is 9.67 Å². The monoisotopic (exact) mass is 539 g/mol. The topological polar surface area (TPSA) is 63.5 Å². The number of nitrogens with one attached hydrogen (secondary N) is 2. The molecule has 1 aliphatic carbocycles. The summed E-state index contributed by atoms with van der Waals surface area (Å²) in [6.07, 6.45) is 6.28. The van der Waals surface area contributed by atoms with E-state index in [0.29, 0.717) is 12.0 Å². The normalized spacial score (nSPS) is 15.5. The fourth-order valence-electron chi connectivity index (χ4n) is 4.45. The smallest absolute Gasteiger partial charge is 0.191 e. The number of ether oxygens (including phenoxy) is 1. The van der Waals surface area contributed by atoms with Crippen LogP contribution in [0.15, 0.2) is 35.3 Å². The predicted octanol–water partition coefficient (Wildman–Crippen LogP) is 4.76. The van der Waals surface area contributed by atoms with Crippen molar-refractivity contribution in [2.24, 2.45) is 10.4 Å². The van der Waals surface area contributed by atoms with E-state index >= 15 is 0 Å². The Balaban J connectivity index is 0.00000341. The first-order chi connectivity index (χ1) is 14.6. The zero-order valence-electron chi connectivity index (χ0n) is 19.4. The lowest BCUT2D eigenvalue weighted by atomic mass is 9.83. The number of aliphatic imine (C=N–C) groups is 1. The summed E-state index contributed by atoms with van der Waals surface area (Å²) in [5.74, 6) is 0.882. The molecule has 1 aromatic carbocycles. The van der Waals surface area contributed by atoms with Gasteiger partial charge in [0.15, 0.2) is 5.96 Å². The van der Waals surface area contributed by atoms with Crippen molar-refractivity contribution in [2.45, 2.75) is 59.4 Å². The minimum absolute atomic E-state index is 0. The third-order valence-corrected chi connectivity index (χ3v) is 6.31. The SMILES string of the molecule is CCNC(=NCc1c(C)nn(-c2ccccc2)c1C)NCC1(CCOC)CCCC1.I. The molecule has 1 saturated carbocycles. The van der Waals surface area contributed by atoms with E-state index in [1.807, 2.05) is 22.9 Å². The zero-order chi connectivity index (χ0) is 21.4. The Morgan fingerprint density at radius 1 is 1.16 bits per heavy atom.